The summed E-state index contributed by atoms with van der Waals surface area (Å²) < 4.78 is 2.38. The fraction of sp³-hybridized carbons (Fsp3) is 0. The van der Waals surface area contributed by atoms with Crippen molar-refractivity contribution in [3.05, 3.63) is 200 Å². The molecule has 3 heterocycles. The topological polar surface area (TPSA) is 21.1 Å². The first kappa shape index (κ1) is 31.6. The van der Waals surface area contributed by atoms with Gasteiger partial charge in [0.25, 0.3) is 0 Å². The number of aromatic nitrogens is 2. The molecule has 0 unspecified atom stereocenters. The van der Waals surface area contributed by atoms with E-state index in [-0.39, 0.29) is 0 Å². The molecule has 2 aromatic heterocycles. The fourth-order valence-electron chi connectivity index (χ4n) is 8.28. The van der Waals surface area contributed by atoms with E-state index in [1.54, 1.807) is 0 Å². The summed E-state index contributed by atoms with van der Waals surface area (Å²) in [7, 11) is 0. The Bertz CT molecular complexity index is 3000. The third-order valence-corrected chi connectivity index (χ3v) is 11.9. The molecule has 1 aliphatic rings. The average molecular weight is 720 g/mol. The van der Waals surface area contributed by atoms with Crippen LogP contribution in [-0.2, 0) is 0 Å². The minimum atomic E-state index is 0.892. The van der Waals surface area contributed by atoms with Crippen LogP contribution in [0.1, 0.15) is 0 Å². The van der Waals surface area contributed by atoms with Gasteiger partial charge in [0, 0.05) is 31.8 Å². The molecule has 0 aliphatic carbocycles. The smallest absolute Gasteiger partial charge is 0.138 e. The molecule has 0 saturated carbocycles. The minimum Gasteiger partial charge on any atom is -0.308 e. The first-order valence-electron chi connectivity index (χ1n) is 18.6. The molecule has 11 rings (SSSR count). The second-order valence-corrected chi connectivity index (χ2v) is 15.1. The van der Waals surface area contributed by atoms with Gasteiger partial charge in [-0.2, -0.15) is 0 Å². The molecule has 3 nitrogen and oxygen atoms in total. The van der Waals surface area contributed by atoms with E-state index in [4.69, 9.17) is 4.98 Å². The molecule has 1 aliphatic heterocycles. The summed E-state index contributed by atoms with van der Waals surface area (Å²) in [4.78, 5) is 10.3. The second-order valence-electron chi connectivity index (χ2n) is 14.0. The van der Waals surface area contributed by atoms with Crippen LogP contribution >= 0.6 is 11.8 Å². The number of para-hydroxylation sites is 2. The van der Waals surface area contributed by atoms with Gasteiger partial charge in [-0.1, -0.05) is 151 Å². The maximum atomic E-state index is 5.42. The second kappa shape index (κ2) is 12.9. The van der Waals surface area contributed by atoms with E-state index in [1.807, 2.05) is 11.8 Å². The van der Waals surface area contributed by atoms with Gasteiger partial charge < -0.3 is 4.90 Å². The highest BCUT2D eigenvalue weighted by Gasteiger charge is 2.26. The SMILES string of the molecule is c1ccc(-c2cc(-c3ccccc3)nc(-n3c4cccc(-c5ccc6c(c5)Sc5ccccc5N6c5ccccc5)c4c4c5ccccc5ccc43)c2)cc1. The number of benzene rings is 8. The molecule has 0 fully saturated rings. The van der Waals surface area contributed by atoms with E-state index in [1.165, 1.54) is 53.8 Å². The number of hydrogen-bond donors (Lipinski definition) is 0. The van der Waals surface area contributed by atoms with Crippen molar-refractivity contribution in [2.45, 2.75) is 9.79 Å². The van der Waals surface area contributed by atoms with Crippen LogP contribution in [0.15, 0.2) is 210 Å². The largest absolute Gasteiger partial charge is 0.308 e. The maximum Gasteiger partial charge on any atom is 0.138 e. The van der Waals surface area contributed by atoms with Crippen LogP contribution in [0.25, 0.3) is 71.9 Å². The summed E-state index contributed by atoms with van der Waals surface area (Å²) in [5, 5.41) is 4.91. The van der Waals surface area contributed by atoms with Gasteiger partial charge in [-0.25, -0.2) is 4.98 Å². The van der Waals surface area contributed by atoms with E-state index < -0.39 is 0 Å². The van der Waals surface area contributed by atoms with Crippen LogP contribution in [0.3, 0.4) is 0 Å². The monoisotopic (exact) mass is 719 g/mol. The van der Waals surface area contributed by atoms with Gasteiger partial charge in [0.05, 0.1) is 28.1 Å². The highest BCUT2D eigenvalue weighted by atomic mass is 32.2. The Kier molecular flexibility index (Phi) is 7.42. The zero-order valence-corrected chi connectivity index (χ0v) is 30.6. The van der Waals surface area contributed by atoms with E-state index in [0.717, 1.165) is 44.9 Å². The lowest BCUT2D eigenvalue weighted by Crippen LogP contribution is -2.14. The molecule has 0 bridgehead atoms. The molecule has 0 saturated heterocycles. The summed E-state index contributed by atoms with van der Waals surface area (Å²) in [6, 6.07) is 72.0. The molecule has 4 heteroatoms. The lowest BCUT2D eigenvalue weighted by molar-refractivity contribution is 1.08. The van der Waals surface area contributed by atoms with Crippen molar-refractivity contribution in [1.29, 1.82) is 0 Å². The van der Waals surface area contributed by atoms with Crippen molar-refractivity contribution in [3.63, 3.8) is 0 Å². The molecule has 8 aromatic carbocycles. The van der Waals surface area contributed by atoms with Crippen LogP contribution in [0.4, 0.5) is 17.1 Å². The number of rotatable bonds is 5. The van der Waals surface area contributed by atoms with Crippen LogP contribution in [0.5, 0.6) is 0 Å². The quantitative estimate of drug-likeness (QED) is 0.177. The van der Waals surface area contributed by atoms with Gasteiger partial charge in [0.15, 0.2) is 0 Å². The normalized spacial score (nSPS) is 12.3. The predicted molar refractivity (Wildman–Crippen MR) is 231 cm³/mol. The Morgan fingerprint density at radius 2 is 1.11 bits per heavy atom. The number of fused-ring (bicyclic) bond motifs is 7. The summed E-state index contributed by atoms with van der Waals surface area (Å²) in [6.45, 7) is 0. The Morgan fingerprint density at radius 1 is 0.418 bits per heavy atom. The van der Waals surface area contributed by atoms with Crippen molar-refractivity contribution in [2.75, 3.05) is 4.90 Å². The molecule has 258 valence electrons. The van der Waals surface area contributed by atoms with Gasteiger partial charge >= 0.3 is 0 Å². The van der Waals surface area contributed by atoms with Gasteiger partial charge in [-0.3, -0.25) is 4.57 Å². The molecule has 0 spiro atoms. The predicted octanol–water partition coefficient (Wildman–Crippen LogP) is 14.3. The zero-order valence-electron chi connectivity index (χ0n) is 29.8. The Morgan fingerprint density at radius 3 is 1.95 bits per heavy atom. The number of nitrogens with zero attached hydrogens (tertiary/aromatic N) is 3. The molecule has 55 heavy (non-hydrogen) atoms. The van der Waals surface area contributed by atoms with E-state index >= 15 is 0 Å². The van der Waals surface area contributed by atoms with Crippen LogP contribution in [0.2, 0.25) is 0 Å². The first-order valence-corrected chi connectivity index (χ1v) is 19.4. The summed E-state index contributed by atoms with van der Waals surface area (Å²) in [6.07, 6.45) is 0. The van der Waals surface area contributed by atoms with Crippen molar-refractivity contribution < 1.29 is 0 Å². The molecular formula is C51H33N3S. The molecule has 10 aromatic rings. The average Bonchev–Trinajstić information content (AvgIpc) is 3.61. The highest BCUT2D eigenvalue weighted by Crippen LogP contribution is 2.53. The van der Waals surface area contributed by atoms with Crippen molar-refractivity contribution in [3.8, 4) is 39.3 Å². The lowest BCUT2D eigenvalue weighted by Gasteiger charge is -2.33. The van der Waals surface area contributed by atoms with Gasteiger partial charge in [0.2, 0.25) is 0 Å². The Balaban J connectivity index is 1.18. The summed E-state index contributed by atoms with van der Waals surface area (Å²) >= 11 is 1.85. The Hall–Kier alpha value is -6.88. The van der Waals surface area contributed by atoms with Gasteiger partial charge in [-0.05, 0) is 93.7 Å². The van der Waals surface area contributed by atoms with Gasteiger partial charge in [-0.15, -0.1) is 0 Å². The van der Waals surface area contributed by atoms with E-state index in [0.29, 0.717) is 0 Å². The van der Waals surface area contributed by atoms with Gasteiger partial charge in [0.1, 0.15) is 5.82 Å². The number of pyridine rings is 1. The van der Waals surface area contributed by atoms with Crippen LogP contribution in [0, 0.1) is 0 Å². The molecule has 0 N–H and O–H groups in total. The van der Waals surface area contributed by atoms with Crippen LogP contribution < -0.4 is 4.90 Å². The number of anilines is 3. The minimum absolute atomic E-state index is 0.892. The highest BCUT2D eigenvalue weighted by molar-refractivity contribution is 7.99. The fourth-order valence-corrected chi connectivity index (χ4v) is 9.38. The molecule has 0 amide bonds. The third-order valence-electron chi connectivity index (χ3n) is 10.8. The van der Waals surface area contributed by atoms with Crippen molar-refractivity contribution in [1.82, 2.24) is 9.55 Å². The molecule has 0 radical (unpaired) electrons. The van der Waals surface area contributed by atoms with E-state index in [2.05, 4.69) is 210 Å². The maximum absolute atomic E-state index is 5.42. The first-order chi connectivity index (χ1) is 27.3. The zero-order chi connectivity index (χ0) is 36.3. The van der Waals surface area contributed by atoms with Crippen molar-refractivity contribution in [2.24, 2.45) is 0 Å². The Labute approximate surface area is 323 Å². The molecular weight excluding hydrogens is 687 g/mol. The summed E-state index contributed by atoms with van der Waals surface area (Å²) in [5.41, 5.74) is 12.5. The van der Waals surface area contributed by atoms with E-state index in [9.17, 15) is 0 Å². The van der Waals surface area contributed by atoms with Crippen LogP contribution in [-0.4, -0.2) is 9.55 Å². The standard InChI is InChI=1S/C51H33N3S/c1-4-15-34(16-5-1)38-31-42(36-18-6-2-7-19-36)52-49(33-38)54-45-25-14-23-41(51(45)50-40-22-11-10-17-35(40)27-30-46(50)54)37-28-29-44-48(32-37)55-47-26-13-12-24-43(47)53(44)39-20-8-3-9-21-39/h1-33H. The lowest BCUT2D eigenvalue weighted by atomic mass is 9.96. The third kappa shape index (κ3) is 5.25. The summed E-state index contributed by atoms with van der Waals surface area (Å²) in [5.74, 6) is 0.892. The molecule has 0 atom stereocenters. The number of hydrogen-bond acceptors (Lipinski definition) is 3. The van der Waals surface area contributed by atoms with Crippen molar-refractivity contribution >= 4 is 61.4 Å².